The second-order valence-corrected chi connectivity index (χ2v) is 23.1. The van der Waals surface area contributed by atoms with Gasteiger partial charge in [-0.1, -0.05) is 163 Å². The number of halogens is 2. The van der Waals surface area contributed by atoms with Gasteiger partial charge in [-0.05, 0) is 198 Å². The van der Waals surface area contributed by atoms with E-state index in [1.807, 2.05) is 48.5 Å². The summed E-state index contributed by atoms with van der Waals surface area (Å²) in [5, 5.41) is 9.50. The molecule has 4 nitrogen and oxygen atoms in total. The highest BCUT2D eigenvalue weighted by molar-refractivity contribution is 5.90. The summed E-state index contributed by atoms with van der Waals surface area (Å²) in [6.07, 6.45) is 8.92. The highest BCUT2D eigenvalue weighted by Crippen LogP contribution is 2.54. The van der Waals surface area contributed by atoms with Crippen LogP contribution in [0.15, 0.2) is 206 Å². The van der Waals surface area contributed by atoms with Crippen molar-refractivity contribution in [3.05, 3.63) is 291 Å². The van der Waals surface area contributed by atoms with Crippen LogP contribution in [0.25, 0.3) is 62.5 Å². The van der Waals surface area contributed by atoms with E-state index in [4.69, 9.17) is 6.57 Å². The summed E-state index contributed by atoms with van der Waals surface area (Å²) in [7, 11) is 0. The van der Waals surface area contributed by atoms with Crippen molar-refractivity contribution in [2.75, 3.05) is 9.80 Å². The first-order valence-corrected chi connectivity index (χ1v) is 27.4. The lowest BCUT2D eigenvalue weighted by molar-refractivity contribution is 0.627. The molecule has 0 saturated heterocycles. The van der Waals surface area contributed by atoms with E-state index in [9.17, 15) is 14.0 Å². The van der Waals surface area contributed by atoms with Crippen molar-refractivity contribution in [3.63, 3.8) is 0 Å². The molecule has 10 aromatic rings. The molecule has 0 N–H and O–H groups in total. The van der Waals surface area contributed by atoms with Crippen LogP contribution in [0.1, 0.15) is 103 Å². The Hall–Kier alpha value is -9.88. The Morgan fingerprint density at radius 3 is 0.914 bits per heavy atom. The summed E-state index contributed by atoms with van der Waals surface area (Å²) in [6.45, 7) is 21.3. The molecule has 0 atom stereocenters. The third kappa shape index (κ3) is 8.63. The summed E-state index contributed by atoms with van der Waals surface area (Å²) in [5.74, 6) is -0.583. The molecule has 3 aliphatic carbocycles. The molecular formula is C75H56F2N4. The zero-order chi connectivity index (χ0) is 56.0. The SMILES string of the molecule is [C-]#[N+]c1ccc(N(c2ccc(F)cc2)c2ccc3c(c2)C(C)(C)c2cc(/C=C/c4ccc5c(c4)C(C)(C)c4cc(/C=C/c6ccc7c(c6)C(C)(C)c6cc(N(c8ccc(F)cc8)c8ccc(C#N)cc8)ccc6-7)ccc4-5)ccc2-3)cc1. The van der Waals surface area contributed by atoms with Gasteiger partial charge in [-0.25, -0.2) is 13.6 Å². The van der Waals surface area contributed by atoms with Gasteiger partial charge in [-0.15, -0.1) is 0 Å². The van der Waals surface area contributed by atoms with Gasteiger partial charge in [0.25, 0.3) is 0 Å². The molecule has 0 saturated carbocycles. The number of rotatable bonds is 10. The molecule has 0 radical (unpaired) electrons. The topological polar surface area (TPSA) is 34.6 Å². The van der Waals surface area contributed by atoms with E-state index >= 15 is 0 Å². The maximum atomic E-state index is 14.2. The Balaban J connectivity index is 0.729. The van der Waals surface area contributed by atoms with E-state index in [2.05, 4.69) is 196 Å². The van der Waals surface area contributed by atoms with Crippen LogP contribution in [0.3, 0.4) is 0 Å². The standard InChI is InChI=1S/C75H56F2N4/c1-73(2)67-40-47(8-10-49-16-36-63-65-38-32-59(44-71(65)74(3,4)69(63)42-49)80(56-26-18-52(76)19-27-56)55-24-12-51(46-78)13-25-55)14-34-61(67)62-35-15-48(41-68(62)73)9-11-50-17-37-64-66-39-33-60(45-72(66)75(5,6)70(64)43-50)81(57-28-20-53(77)21-29-57)58-30-22-54(79-7)23-31-58/h8-45H,1-6H3/b10-8+,11-9+. The van der Waals surface area contributed by atoms with Crippen LogP contribution in [-0.4, -0.2) is 0 Å². The van der Waals surface area contributed by atoms with Crippen molar-refractivity contribution in [1.29, 1.82) is 5.26 Å². The molecule has 0 fully saturated rings. The van der Waals surface area contributed by atoms with Crippen molar-refractivity contribution in [3.8, 4) is 39.4 Å². The number of nitriles is 1. The van der Waals surface area contributed by atoms with E-state index in [1.54, 1.807) is 24.3 Å². The van der Waals surface area contributed by atoms with Crippen LogP contribution in [0, 0.1) is 29.5 Å². The summed E-state index contributed by atoms with van der Waals surface area (Å²) in [6, 6.07) is 70.9. The number of benzene rings is 10. The van der Waals surface area contributed by atoms with Crippen molar-refractivity contribution >= 4 is 64.1 Å². The van der Waals surface area contributed by atoms with Crippen LogP contribution < -0.4 is 9.80 Å². The van der Waals surface area contributed by atoms with E-state index < -0.39 is 0 Å². The van der Waals surface area contributed by atoms with Crippen LogP contribution >= 0.6 is 0 Å². The summed E-state index contributed by atoms with van der Waals surface area (Å²) < 4.78 is 28.3. The second kappa shape index (κ2) is 19.2. The molecule has 390 valence electrons. The second-order valence-electron chi connectivity index (χ2n) is 23.1. The fourth-order valence-electron chi connectivity index (χ4n) is 12.8. The van der Waals surface area contributed by atoms with Gasteiger partial charge >= 0.3 is 0 Å². The van der Waals surface area contributed by atoms with E-state index in [1.165, 1.54) is 91.0 Å². The third-order valence-electron chi connectivity index (χ3n) is 17.2. The highest BCUT2D eigenvalue weighted by Gasteiger charge is 2.39. The van der Waals surface area contributed by atoms with Gasteiger partial charge in [0.1, 0.15) is 11.6 Å². The maximum absolute atomic E-state index is 14.2. The summed E-state index contributed by atoms with van der Waals surface area (Å²) >= 11 is 0. The number of nitrogens with zero attached hydrogens (tertiary/aromatic N) is 4. The number of fused-ring (bicyclic) bond motifs is 9. The number of anilines is 6. The maximum Gasteiger partial charge on any atom is 0.187 e. The molecule has 0 amide bonds. The predicted molar refractivity (Wildman–Crippen MR) is 330 cm³/mol. The zero-order valence-corrected chi connectivity index (χ0v) is 46.0. The molecule has 0 unspecified atom stereocenters. The smallest absolute Gasteiger partial charge is 0.187 e. The average molecular weight is 1050 g/mol. The molecule has 0 spiro atoms. The fraction of sp³-hybridized carbons (Fsp3) is 0.120. The van der Waals surface area contributed by atoms with E-state index in [0.29, 0.717) is 11.3 Å². The Morgan fingerprint density at radius 2 is 0.617 bits per heavy atom. The Kier molecular flexibility index (Phi) is 12.0. The van der Waals surface area contributed by atoms with Gasteiger partial charge in [0.05, 0.1) is 18.2 Å². The molecule has 10 aromatic carbocycles. The molecule has 0 bridgehead atoms. The molecule has 81 heavy (non-hydrogen) atoms. The molecule has 0 aliphatic heterocycles. The first-order chi connectivity index (χ1) is 39.1. The molecular weight excluding hydrogens is 995 g/mol. The van der Waals surface area contributed by atoms with E-state index in [-0.39, 0.29) is 27.9 Å². The van der Waals surface area contributed by atoms with Gasteiger partial charge < -0.3 is 9.80 Å². The highest BCUT2D eigenvalue weighted by atomic mass is 19.1. The van der Waals surface area contributed by atoms with Crippen LogP contribution in [0.4, 0.5) is 48.6 Å². The van der Waals surface area contributed by atoms with Gasteiger partial charge in [0.2, 0.25) is 0 Å². The van der Waals surface area contributed by atoms with Gasteiger partial charge in [-0.2, -0.15) is 5.26 Å². The lowest BCUT2D eigenvalue weighted by atomic mass is 9.81. The zero-order valence-electron chi connectivity index (χ0n) is 46.0. The van der Waals surface area contributed by atoms with Crippen molar-refractivity contribution < 1.29 is 8.78 Å². The Labute approximate surface area is 473 Å². The van der Waals surface area contributed by atoms with Crippen molar-refractivity contribution in [1.82, 2.24) is 0 Å². The lowest BCUT2D eigenvalue weighted by Crippen LogP contribution is -2.16. The largest absolute Gasteiger partial charge is 0.311 e. The van der Waals surface area contributed by atoms with Crippen molar-refractivity contribution in [2.45, 2.75) is 57.8 Å². The fourth-order valence-corrected chi connectivity index (χ4v) is 12.8. The normalized spacial score (nSPS) is 14.3. The molecule has 3 aliphatic rings. The van der Waals surface area contributed by atoms with Crippen molar-refractivity contribution in [2.24, 2.45) is 0 Å². The van der Waals surface area contributed by atoms with Crippen LogP contribution in [0.5, 0.6) is 0 Å². The minimum Gasteiger partial charge on any atom is -0.311 e. The number of hydrogen-bond donors (Lipinski definition) is 0. The number of hydrogen-bond acceptors (Lipinski definition) is 3. The van der Waals surface area contributed by atoms with Gasteiger partial charge in [-0.3, -0.25) is 0 Å². The monoisotopic (exact) mass is 1050 g/mol. The Bertz CT molecular complexity index is 4060. The third-order valence-corrected chi connectivity index (χ3v) is 17.2. The quantitative estimate of drug-likeness (QED) is 0.101. The predicted octanol–water partition coefficient (Wildman–Crippen LogP) is 20.6. The minimum absolute atomic E-state index is 0.206. The molecule has 0 heterocycles. The van der Waals surface area contributed by atoms with E-state index in [0.717, 1.165) is 56.4 Å². The summed E-state index contributed by atoms with van der Waals surface area (Å²) in [5.41, 5.74) is 25.4. The lowest BCUT2D eigenvalue weighted by Gasteiger charge is -2.28. The first kappa shape index (κ1) is 50.6. The van der Waals surface area contributed by atoms with Gasteiger partial charge in [0, 0.05) is 50.4 Å². The first-order valence-electron chi connectivity index (χ1n) is 27.4. The molecule has 0 aromatic heterocycles. The van der Waals surface area contributed by atoms with Crippen LogP contribution in [-0.2, 0) is 16.2 Å². The van der Waals surface area contributed by atoms with Crippen LogP contribution in [0.2, 0.25) is 0 Å². The minimum atomic E-state index is -0.293. The molecule has 6 heteroatoms. The van der Waals surface area contributed by atoms with Gasteiger partial charge in [0.15, 0.2) is 5.69 Å². The molecule has 13 rings (SSSR count). The Morgan fingerprint density at radius 1 is 0.358 bits per heavy atom. The summed E-state index contributed by atoms with van der Waals surface area (Å²) in [4.78, 5) is 7.83. The average Bonchev–Trinajstić information content (AvgIpc) is 3.24.